The van der Waals surface area contributed by atoms with Crippen molar-refractivity contribution in [1.82, 2.24) is 9.55 Å². The molecular formula is C16H18N2O. The van der Waals surface area contributed by atoms with Crippen molar-refractivity contribution in [1.29, 1.82) is 0 Å². The van der Waals surface area contributed by atoms with E-state index in [0.29, 0.717) is 18.8 Å². The van der Waals surface area contributed by atoms with E-state index in [4.69, 9.17) is 0 Å². The van der Waals surface area contributed by atoms with Gasteiger partial charge < -0.3 is 9.67 Å². The number of aromatic nitrogens is 2. The number of nitrogens with zero attached hydrogens (tertiary/aromatic N) is 2. The summed E-state index contributed by atoms with van der Waals surface area (Å²) in [5, 5.41) is 9.94. The lowest BCUT2D eigenvalue weighted by molar-refractivity contribution is 0.213. The molecule has 1 aromatic heterocycles. The third-order valence-corrected chi connectivity index (χ3v) is 2.89. The van der Waals surface area contributed by atoms with Crippen LogP contribution in [0.5, 0.6) is 0 Å². The number of rotatable bonds is 6. The van der Waals surface area contributed by atoms with Crippen LogP contribution < -0.4 is 0 Å². The van der Waals surface area contributed by atoms with E-state index in [-0.39, 0.29) is 0 Å². The summed E-state index contributed by atoms with van der Waals surface area (Å²) < 4.78 is 1.96. The molecule has 0 radical (unpaired) electrons. The minimum absolute atomic E-state index is 0.621. The second kappa shape index (κ2) is 6.16. The van der Waals surface area contributed by atoms with Crippen molar-refractivity contribution in [3.63, 3.8) is 0 Å². The lowest BCUT2D eigenvalue weighted by Crippen LogP contribution is -2.07. The summed E-state index contributed by atoms with van der Waals surface area (Å²) in [5.74, 6) is 0.621. The number of allylic oxidation sites excluding steroid dienone is 1. The zero-order chi connectivity index (χ0) is 13.7. The monoisotopic (exact) mass is 254 g/mol. The van der Waals surface area contributed by atoms with Crippen molar-refractivity contribution in [3.8, 4) is 0 Å². The van der Waals surface area contributed by atoms with Crippen molar-refractivity contribution in [2.45, 2.75) is 19.1 Å². The smallest absolute Gasteiger partial charge is 0.142 e. The van der Waals surface area contributed by atoms with Gasteiger partial charge in [0.25, 0.3) is 0 Å². The molecule has 0 amide bonds. The van der Waals surface area contributed by atoms with Gasteiger partial charge in [-0.15, -0.1) is 13.2 Å². The van der Waals surface area contributed by atoms with E-state index >= 15 is 0 Å². The maximum Gasteiger partial charge on any atom is 0.142 e. The van der Waals surface area contributed by atoms with Gasteiger partial charge in [0.15, 0.2) is 0 Å². The van der Waals surface area contributed by atoms with Crippen molar-refractivity contribution in [3.05, 3.63) is 78.9 Å². The summed E-state index contributed by atoms with van der Waals surface area (Å²) in [6.07, 6.45) is 5.19. The molecule has 2 rings (SSSR count). The molecule has 1 heterocycles. The van der Waals surface area contributed by atoms with Gasteiger partial charge in [-0.05, 0) is 5.56 Å². The maximum atomic E-state index is 9.94. The zero-order valence-corrected chi connectivity index (χ0v) is 10.9. The Kier molecular flexibility index (Phi) is 4.31. The molecule has 0 saturated carbocycles. The fraction of sp³-hybridized carbons (Fsp3) is 0.188. The van der Waals surface area contributed by atoms with Crippen molar-refractivity contribution in [2.75, 3.05) is 0 Å². The standard InChI is InChI=1S/C16H18N2O/c1-3-8-14-12-18(16(17-14)15(19)4-2)11-13-9-6-5-7-10-13/h3-7,9-10,12,15,19H,1-2,8,11H2. The van der Waals surface area contributed by atoms with Crippen LogP contribution in [0.2, 0.25) is 0 Å². The molecule has 1 atom stereocenters. The van der Waals surface area contributed by atoms with Crippen LogP contribution in [0.4, 0.5) is 0 Å². The maximum absolute atomic E-state index is 9.94. The lowest BCUT2D eigenvalue weighted by atomic mass is 10.2. The van der Waals surface area contributed by atoms with Crippen LogP contribution in [0.25, 0.3) is 0 Å². The number of aliphatic hydroxyl groups is 1. The van der Waals surface area contributed by atoms with Crippen LogP contribution in [0.1, 0.15) is 23.2 Å². The number of hydrogen-bond donors (Lipinski definition) is 1. The van der Waals surface area contributed by atoms with E-state index in [2.05, 4.69) is 30.3 Å². The normalized spacial score (nSPS) is 12.1. The first-order chi connectivity index (χ1) is 9.24. The van der Waals surface area contributed by atoms with Crippen LogP contribution >= 0.6 is 0 Å². The minimum atomic E-state index is -0.748. The molecule has 19 heavy (non-hydrogen) atoms. The Balaban J connectivity index is 2.31. The molecule has 1 unspecified atom stereocenters. The lowest BCUT2D eigenvalue weighted by Gasteiger charge is -2.09. The van der Waals surface area contributed by atoms with E-state index < -0.39 is 6.10 Å². The first kappa shape index (κ1) is 13.3. The highest BCUT2D eigenvalue weighted by Gasteiger charge is 2.13. The fourth-order valence-corrected chi connectivity index (χ4v) is 1.98. The van der Waals surface area contributed by atoms with E-state index in [1.807, 2.05) is 29.0 Å². The molecule has 0 bridgehead atoms. The summed E-state index contributed by atoms with van der Waals surface area (Å²) in [7, 11) is 0. The van der Waals surface area contributed by atoms with Crippen molar-refractivity contribution in [2.24, 2.45) is 0 Å². The van der Waals surface area contributed by atoms with Crippen LogP contribution in [-0.2, 0) is 13.0 Å². The molecular weight excluding hydrogens is 236 g/mol. The number of imidazole rings is 1. The van der Waals surface area contributed by atoms with E-state index in [1.54, 1.807) is 6.08 Å². The molecule has 0 saturated heterocycles. The van der Waals surface area contributed by atoms with Gasteiger partial charge >= 0.3 is 0 Å². The van der Waals surface area contributed by atoms with Gasteiger partial charge in [0.05, 0.1) is 5.69 Å². The topological polar surface area (TPSA) is 38.0 Å². The summed E-state index contributed by atoms with van der Waals surface area (Å²) in [5.41, 5.74) is 2.07. The predicted octanol–water partition coefficient (Wildman–Crippen LogP) is 2.88. The summed E-state index contributed by atoms with van der Waals surface area (Å²) >= 11 is 0. The Hall–Kier alpha value is -2.13. The largest absolute Gasteiger partial charge is 0.381 e. The van der Waals surface area contributed by atoms with E-state index in [0.717, 1.165) is 5.69 Å². The molecule has 2 aromatic rings. The van der Waals surface area contributed by atoms with Crippen molar-refractivity contribution < 1.29 is 5.11 Å². The predicted molar refractivity (Wildman–Crippen MR) is 76.8 cm³/mol. The molecule has 1 aromatic carbocycles. The SMILES string of the molecule is C=CCc1cn(Cc2ccccc2)c(C(O)C=C)n1. The van der Waals surface area contributed by atoms with E-state index in [1.165, 1.54) is 11.6 Å². The zero-order valence-electron chi connectivity index (χ0n) is 10.9. The van der Waals surface area contributed by atoms with Gasteiger partial charge in [-0.2, -0.15) is 0 Å². The Bertz CT molecular complexity index is 557. The van der Waals surface area contributed by atoms with Crippen LogP contribution in [0, 0.1) is 0 Å². The van der Waals surface area contributed by atoms with Gasteiger partial charge in [-0.3, -0.25) is 0 Å². The molecule has 3 nitrogen and oxygen atoms in total. The fourth-order valence-electron chi connectivity index (χ4n) is 1.98. The highest BCUT2D eigenvalue weighted by molar-refractivity contribution is 5.18. The van der Waals surface area contributed by atoms with Gasteiger partial charge in [-0.25, -0.2) is 4.98 Å². The van der Waals surface area contributed by atoms with Gasteiger partial charge in [0, 0.05) is 19.2 Å². The molecule has 0 aliphatic carbocycles. The molecule has 1 N–H and O–H groups in total. The number of aliphatic hydroxyl groups excluding tert-OH is 1. The molecule has 0 aliphatic heterocycles. The van der Waals surface area contributed by atoms with Gasteiger partial charge in [-0.1, -0.05) is 42.5 Å². The van der Waals surface area contributed by atoms with Gasteiger partial charge in [0.2, 0.25) is 0 Å². The van der Waals surface area contributed by atoms with Gasteiger partial charge in [0.1, 0.15) is 11.9 Å². The Labute approximate surface area is 113 Å². The third-order valence-electron chi connectivity index (χ3n) is 2.89. The Morgan fingerprint density at radius 2 is 2.00 bits per heavy atom. The van der Waals surface area contributed by atoms with E-state index in [9.17, 15) is 5.11 Å². The minimum Gasteiger partial charge on any atom is -0.381 e. The van der Waals surface area contributed by atoms with Crippen molar-refractivity contribution >= 4 is 0 Å². The molecule has 98 valence electrons. The molecule has 0 fully saturated rings. The third kappa shape index (κ3) is 3.20. The quantitative estimate of drug-likeness (QED) is 0.805. The number of hydrogen-bond acceptors (Lipinski definition) is 2. The van der Waals surface area contributed by atoms with Crippen LogP contribution in [0.15, 0.2) is 61.8 Å². The summed E-state index contributed by atoms with van der Waals surface area (Å²) in [4.78, 5) is 4.44. The average molecular weight is 254 g/mol. The molecule has 0 spiro atoms. The summed E-state index contributed by atoms with van der Waals surface area (Å²) in [6.45, 7) is 8.01. The second-order valence-corrected chi connectivity index (χ2v) is 4.38. The molecule has 3 heteroatoms. The molecule has 0 aliphatic rings. The highest BCUT2D eigenvalue weighted by Crippen LogP contribution is 2.16. The average Bonchev–Trinajstić information content (AvgIpc) is 2.82. The highest BCUT2D eigenvalue weighted by atomic mass is 16.3. The van der Waals surface area contributed by atoms with Crippen LogP contribution in [-0.4, -0.2) is 14.7 Å². The number of benzene rings is 1. The first-order valence-electron chi connectivity index (χ1n) is 6.26. The second-order valence-electron chi connectivity index (χ2n) is 4.38. The Morgan fingerprint density at radius 3 is 2.63 bits per heavy atom. The first-order valence-corrected chi connectivity index (χ1v) is 6.26. The summed E-state index contributed by atoms with van der Waals surface area (Å²) in [6, 6.07) is 10.1. The Morgan fingerprint density at radius 1 is 1.26 bits per heavy atom. The van der Waals surface area contributed by atoms with Crippen LogP contribution in [0.3, 0.4) is 0 Å².